The molecule has 0 radical (unpaired) electrons. The molecule has 3 rings (SSSR count). The van der Waals surface area contributed by atoms with Gasteiger partial charge in [-0.25, -0.2) is 0 Å². The van der Waals surface area contributed by atoms with Gasteiger partial charge in [-0.1, -0.05) is 0 Å². The third-order valence-electron chi connectivity index (χ3n) is 3.63. The highest BCUT2D eigenvalue weighted by Gasteiger charge is 2.42. The van der Waals surface area contributed by atoms with Gasteiger partial charge in [0.2, 0.25) is 0 Å². The van der Waals surface area contributed by atoms with E-state index in [-0.39, 0.29) is 16.9 Å². The monoisotopic (exact) mass is 232 g/mol. The van der Waals surface area contributed by atoms with E-state index in [1.54, 1.807) is 6.20 Å². The first-order valence-electron chi connectivity index (χ1n) is 6.23. The summed E-state index contributed by atoms with van der Waals surface area (Å²) in [6.07, 6.45) is 7.88. The Balaban J connectivity index is 1.74. The van der Waals surface area contributed by atoms with Crippen molar-refractivity contribution in [2.75, 3.05) is 0 Å². The summed E-state index contributed by atoms with van der Waals surface area (Å²) in [6.45, 7) is 0. The molecule has 2 saturated carbocycles. The molecule has 2 aliphatic carbocycles. The van der Waals surface area contributed by atoms with Crippen LogP contribution >= 0.6 is 0 Å². The lowest BCUT2D eigenvalue weighted by Gasteiger charge is -2.17. The van der Waals surface area contributed by atoms with E-state index in [4.69, 9.17) is 0 Å². The third kappa shape index (κ3) is 2.25. The number of H-pyrrole nitrogens is 1. The van der Waals surface area contributed by atoms with Crippen LogP contribution in [-0.4, -0.2) is 16.9 Å². The molecule has 90 valence electrons. The fraction of sp³-hybridized carbons (Fsp3) is 0.538. The lowest BCUT2D eigenvalue weighted by Crippen LogP contribution is -2.39. The van der Waals surface area contributed by atoms with Crippen LogP contribution in [0.1, 0.15) is 36.0 Å². The van der Waals surface area contributed by atoms with Crippen molar-refractivity contribution in [3.8, 4) is 0 Å². The van der Waals surface area contributed by atoms with Gasteiger partial charge in [0.05, 0.1) is 0 Å². The summed E-state index contributed by atoms with van der Waals surface area (Å²) in [5, 5.41) is 3.04. The van der Waals surface area contributed by atoms with Gasteiger partial charge < -0.3 is 10.3 Å². The average molecular weight is 232 g/mol. The van der Waals surface area contributed by atoms with Gasteiger partial charge in [-0.15, -0.1) is 0 Å². The standard InChI is InChI=1S/C13H16N2O2/c16-11-5-6-14-7-10(11)13(17)15-12(8-1-2-8)9-3-4-9/h5-9,12H,1-4H2,(H,14,16)(H,15,17). The topological polar surface area (TPSA) is 62.0 Å². The van der Waals surface area contributed by atoms with Gasteiger partial charge in [-0.2, -0.15) is 0 Å². The zero-order valence-corrected chi connectivity index (χ0v) is 9.61. The molecule has 4 heteroatoms. The van der Waals surface area contributed by atoms with Crippen molar-refractivity contribution in [1.29, 1.82) is 0 Å². The maximum absolute atomic E-state index is 12.0. The van der Waals surface area contributed by atoms with Crippen molar-refractivity contribution in [3.63, 3.8) is 0 Å². The summed E-state index contributed by atoms with van der Waals surface area (Å²) in [6, 6.07) is 1.68. The van der Waals surface area contributed by atoms with Crippen LogP contribution in [0.3, 0.4) is 0 Å². The van der Waals surface area contributed by atoms with E-state index in [0.29, 0.717) is 17.9 Å². The van der Waals surface area contributed by atoms with Crippen LogP contribution in [0, 0.1) is 11.8 Å². The van der Waals surface area contributed by atoms with Gasteiger partial charge in [0.1, 0.15) is 5.56 Å². The highest BCUT2D eigenvalue weighted by molar-refractivity contribution is 5.94. The first-order valence-corrected chi connectivity index (χ1v) is 6.23. The van der Waals surface area contributed by atoms with E-state index in [0.717, 1.165) is 0 Å². The molecule has 0 atom stereocenters. The molecular formula is C13H16N2O2. The van der Waals surface area contributed by atoms with Gasteiger partial charge in [0.25, 0.3) is 5.91 Å². The summed E-state index contributed by atoms with van der Waals surface area (Å²) in [5.74, 6) is 1.07. The predicted molar refractivity (Wildman–Crippen MR) is 63.8 cm³/mol. The fourth-order valence-corrected chi connectivity index (χ4v) is 2.35. The van der Waals surface area contributed by atoms with Crippen LogP contribution in [-0.2, 0) is 0 Å². The van der Waals surface area contributed by atoms with E-state index >= 15 is 0 Å². The fourth-order valence-electron chi connectivity index (χ4n) is 2.35. The second kappa shape index (κ2) is 4.02. The van der Waals surface area contributed by atoms with Crippen LogP contribution in [0.2, 0.25) is 0 Å². The van der Waals surface area contributed by atoms with Gasteiger partial charge in [-0.3, -0.25) is 9.59 Å². The number of carbonyl (C=O) groups is 1. The average Bonchev–Trinajstić information content (AvgIpc) is 3.16. The largest absolute Gasteiger partial charge is 0.367 e. The maximum atomic E-state index is 12.0. The van der Waals surface area contributed by atoms with Gasteiger partial charge in [0, 0.05) is 24.5 Å². The quantitative estimate of drug-likeness (QED) is 0.821. The predicted octanol–water partition coefficient (Wildman–Crippen LogP) is 1.29. The number of aromatic amines is 1. The number of nitrogens with one attached hydrogen (secondary N) is 2. The number of aromatic nitrogens is 1. The summed E-state index contributed by atoms with van der Waals surface area (Å²) in [7, 11) is 0. The zero-order chi connectivity index (χ0) is 11.8. The van der Waals surface area contributed by atoms with Crippen molar-refractivity contribution in [3.05, 3.63) is 34.2 Å². The van der Waals surface area contributed by atoms with E-state index < -0.39 is 0 Å². The number of hydrogen-bond donors (Lipinski definition) is 2. The number of carbonyl (C=O) groups excluding carboxylic acids is 1. The van der Waals surface area contributed by atoms with Crippen LogP contribution in [0.25, 0.3) is 0 Å². The zero-order valence-electron chi connectivity index (χ0n) is 9.61. The van der Waals surface area contributed by atoms with Crippen molar-refractivity contribution in [2.24, 2.45) is 11.8 Å². The van der Waals surface area contributed by atoms with Crippen LogP contribution in [0.5, 0.6) is 0 Å². The number of rotatable bonds is 4. The molecule has 1 amide bonds. The Bertz CT molecular complexity index is 474. The molecular weight excluding hydrogens is 216 g/mol. The normalized spacial score (nSPS) is 19.4. The molecule has 2 aliphatic rings. The lowest BCUT2D eigenvalue weighted by molar-refractivity contribution is 0.0925. The first kappa shape index (κ1) is 10.6. The van der Waals surface area contributed by atoms with Crippen LogP contribution < -0.4 is 10.7 Å². The van der Waals surface area contributed by atoms with E-state index in [9.17, 15) is 9.59 Å². The molecule has 0 aromatic carbocycles. The Morgan fingerprint density at radius 3 is 2.47 bits per heavy atom. The van der Waals surface area contributed by atoms with Gasteiger partial charge in [0.15, 0.2) is 5.43 Å². The Hall–Kier alpha value is -1.58. The number of pyridine rings is 1. The maximum Gasteiger partial charge on any atom is 0.256 e. The van der Waals surface area contributed by atoms with E-state index in [1.165, 1.54) is 37.9 Å². The van der Waals surface area contributed by atoms with Crippen molar-refractivity contribution >= 4 is 5.91 Å². The van der Waals surface area contributed by atoms with Crippen molar-refractivity contribution in [2.45, 2.75) is 31.7 Å². The Morgan fingerprint density at radius 2 is 1.94 bits per heavy atom. The Morgan fingerprint density at radius 1 is 1.29 bits per heavy atom. The van der Waals surface area contributed by atoms with Crippen LogP contribution in [0.15, 0.2) is 23.3 Å². The molecule has 1 heterocycles. The molecule has 0 saturated heterocycles. The molecule has 0 aliphatic heterocycles. The molecule has 2 fully saturated rings. The molecule has 0 unspecified atom stereocenters. The number of hydrogen-bond acceptors (Lipinski definition) is 2. The second-order valence-electron chi connectivity index (χ2n) is 5.10. The van der Waals surface area contributed by atoms with Gasteiger partial charge >= 0.3 is 0 Å². The van der Waals surface area contributed by atoms with Gasteiger partial charge in [-0.05, 0) is 37.5 Å². The Kier molecular flexibility index (Phi) is 2.50. The molecule has 4 nitrogen and oxygen atoms in total. The lowest BCUT2D eigenvalue weighted by atomic mass is 10.1. The van der Waals surface area contributed by atoms with E-state index in [1.807, 2.05) is 0 Å². The smallest absolute Gasteiger partial charge is 0.256 e. The summed E-state index contributed by atoms with van der Waals surface area (Å²) in [4.78, 5) is 26.3. The first-order chi connectivity index (χ1) is 8.25. The highest BCUT2D eigenvalue weighted by Crippen LogP contribution is 2.44. The van der Waals surface area contributed by atoms with Crippen LogP contribution in [0.4, 0.5) is 0 Å². The molecule has 2 N–H and O–H groups in total. The molecule has 0 bridgehead atoms. The molecule has 1 aromatic rings. The van der Waals surface area contributed by atoms with Crippen molar-refractivity contribution < 1.29 is 4.79 Å². The number of amides is 1. The Labute approximate surface area is 99.4 Å². The summed E-state index contributed by atoms with van der Waals surface area (Å²) >= 11 is 0. The molecule has 17 heavy (non-hydrogen) atoms. The summed E-state index contributed by atoms with van der Waals surface area (Å²) < 4.78 is 0. The minimum atomic E-state index is -0.226. The van der Waals surface area contributed by atoms with E-state index in [2.05, 4.69) is 10.3 Å². The molecule has 0 spiro atoms. The minimum absolute atomic E-state index is 0.216. The minimum Gasteiger partial charge on any atom is -0.367 e. The third-order valence-corrected chi connectivity index (χ3v) is 3.63. The highest BCUT2D eigenvalue weighted by atomic mass is 16.2. The summed E-state index contributed by atoms with van der Waals surface area (Å²) in [5.41, 5.74) is 0.00499. The van der Waals surface area contributed by atoms with Crippen molar-refractivity contribution in [1.82, 2.24) is 10.3 Å². The second-order valence-corrected chi connectivity index (χ2v) is 5.10. The molecule has 1 aromatic heterocycles. The SMILES string of the molecule is O=C(NC(C1CC1)C1CC1)c1c[nH]ccc1=O.